The van der Waals surface area contributed by atoms with Crippen LogP contribution in [-0.2, 0) is 10.4 Å². The number of carbonyl (C=O) groups excluding carboxylic acids is 2. The number of alkyl halides is 4. The number of aliphatic hydroxyl groups is 1. The second-order valence-electron chi connectivity index (χ2n) is 9.92. The number of likely N-dealkylation sites (tertiary alicyclic amines) is 1. The number of methoxy groups -OCH3 is 1. The van der Waals surface area contributed by atoms with E-state index in [1.54, 1.807) is 26.2 Å². The van der Waals surface area contributed by atoms with Crippen LogP contribution in [0.1, 0.15) is 41.6 Å². The standard InChI is InChI=1S/C28H33ClF4N2O5/c1-34(2)25(36)22-10-9-21(17-23(22)29)40-15-5-8-24(30)18-11-13-35(14-12-18)26(37)27(38,28(31,32)33)19-6-4-7-20(16-19)39-3/h4,6-7,9-10,16-18,24,38H,5,8,11-15H2,1-3H3/t24?,27-/m0/s1. The van der Waals surface area contributed by atoms with Crippen molar-refractivity contribution in [3.05, 3.63) is 58.6 Å². The predicted molar refractivity (Wildman–Crippen MR) is 141 cm³/mol. The quantitative estimate of drug-likeness (QED) is 0.304. The van der Waals surface area contributed by atoms with Crippen molar-refractivity contribution < 1.29 is 41.7 Å². The van der Waals surface area contributed by atoms with Gasteiger partial charge < -0.3 is 24.4 Å². The van der Waals surface area contributed by atoms with Gasteiger partial charge in [-0.15, -0.1) is 0 Å². The van der Waals surface area contributed by atoms with Crippen molar-refractivity contribution in [3.63, 3.8) is 0 Å². The highest BCUT2D eigenvalue weighted by Crippen LogP contribution is 2.42. The summed E-state index contributed by atoms with van der Waals surface area (Å²) in [5.41, 5.74) is -4.05. The summed E-state index contributed by atoms with van der Waals surface area (Å²) in [5.74, 6) is -1.67. The molecular weight excluding hydrogens is 556 g/mol. The number of amides is 2. The van der Waals surface area contributed by atoms with Gasteiger partial charge in [-0.25, -0.2) is 4.39 Å². The van der Waals surface area contributed by atoms with Crippen LogP contribution >= 0.6 is 11.6 Å². The van der Waals surface area contributed by atoms with Gasteiger partial charge in [0.2, 0.25) is 0 Å². The number of hydrogen-bond acceptors (Lipinski definition) is 5. The van der Waals surface area contributed by atoms with Gasteiger partial charge in [-0.2, -0.15) is 13.2 Å². The Morgan fingerprint density at radius 1 is 1.12 bits per heavy atom. The molecule has 2 atom stereocenters. The van der Waals surface area contributed by atoms with Gasteiger partial charge in [0.15, 0.2) is 0 Å². The number of nitrogens with zero attached hydrogens (tertiary/aromatic N) is 2. The monoisotopic (exact) mass is 588 g/mol. The molecule has 0 saturated carbocycles. The Morgan fingerprint density at radius 3 is 2.38 bits per heavy atom. The van der Waals surface area contributed by atoms with Crippen molar-refractivity contribution in [3.8, 4) is 11.5 Å². The fourth-order valence-corrected chi connectivity index (χ4v) is 4.90. The maximum Gasteiger partial charge on any atom is 0.430 e. The third-order valence-corrected chi connectivity index (χ3v) is 7.33. The lowest BCUT2D eigenvalue weighted by Crippen LogP contribution is -2.57. The third kappa shape index (κ3) is 6.98. The molecule has 0 aromatic heterocycles. The molecule has 3 rings (SSSR count). The summed E-state index contributed by atoms with van der Waals surface area (Å²) in [6.45, 7) is -0.0210. The Hall–Kier alpha value is -3.05. The van der Waals surface area contributed by atoms with E-state index in [4.69, 9.17) is 21.1 Å². The van der Waals surface area contributed by atoms with E-state index in [1.165, 1.54) is 30.2 Å². The Balaban J connectivity index is 1.52. The van der Waals surface area contributed by atoms with Crippen LogP contribution in [0.25, 0.3) is 0 Å². The van der Waals surface area contributed by atoms with Crippen LogP contribution in [-0.4, -0.2) is 80.0 Å². The van der Waals surface area contributed by atoms with Crippen LogP contribution < -0.4 is 9.47 Å². The normalized spacial score (nSPS) is 16.7. The van der Waals surface area contributed by atoms with Crippen LogP contribution in [0, 0.1) is 5.92 Å². The van der Waals surface area contributed by atoms with Crippen LogP contribution in [0.2, 0.25) is 5.02 Å². The molecule has 0 aliphatic carbocycles. The molecule has 12 heteroatoms. The summed E-state index contributed by atoms with van der Waals surface area (Å²) in [6.07, 6.45) is -5.64. The lowest BCUT2D eigenvalue weighted by atomic mass is 9.87. The van der Waals surface area contributed by atoms with E-state index in [9.17, 15) is 32.3 Å². The molecule has 2 aromatic rings. The average molecular weight is 589 g/mol. The Bertz CT molecular complexity index is 1190. The van der Waals surface area contributed by atoms with Crippen LogP contribution in [0.15, 0.2) is 42.5 Å². The summed E-state index contributed by atoms with van der Waals surface area (Å²) in [7, 11) is 4.49. The largest absolute Gasteiger partial charge is 0.497 e. The molecule has 0 radical (unpaired) electrons. The Morgan fingerprint density at radius 2 is 1.80 bits per heavy atom. The summed E-state index contributed by atoms with van der Waals surface area (Å²) < 4.78 is 67.5. The number of hydrogen-bond donors (Lipinski definition) is 1. The number of carbonyl (C=O) groups is 2. The summed E-state index contributed by atoms with van der Waals surface area (Å²) in [4.78, 5) is 27.4. The zero-order valence-electron chi connectivity index (χ0n) is 22.5. The molecule has 1 aliphatic rings. The fraction of sp³-hybridized carbons (Fsp3) is 0.500. The van der Waals surface area contributed by atoms with E-state index >= 15 is 0 Å². The minimum absolute atomic E-state index is 0.0653. The first kappa shape index (κ1) is 31.5. The zero-order valence-corrected chi connectivity index (χ0v) is 23.3. The molecule has 1 aliphatic heterocycles. The Kier molecular flexibility index (Phi) is 10.3. The molecule has 2 amide bonds. The van der Waals surface area contributed by atoms with Gasteiger partial charge in [-0.1, -0.05) is 23.7 Å². The van der Waals surface area contributed by atoms with E-state index in [0.29, 0.717) is 17.7 Å². The summed E-state index contributed by atoms with van der Waals surface area (Å²) in [5, 5.41) is 10.9. The van der Waals surface area contributed by atoms with Crippen molar-refractivity contribution in [2.45, 2.75) is 43.6 Å². The van der Waals surface area contributed by atoms with Crippen molar-refractivity contribution >= 4 is 23.4 Å². The van der Waals surface area contributed by atoms with Crippen molar-refractivity contribution in [2.24, 2.45) is 5.92 Å². The minimum atomic E-state index is -5.28. The molecule has 1 fully saturated rings. The maximum atomic E-state index is 14.9. The molecule has 0 bridgehead atoms. The van der Waals surface area contributed by atoms with Crippen LogP contribution in [0.5, 0.6) is 11.5 Å². The lowest BCUT2D eigenvalue weighted by Gasteiger charge is -2.39. The smallest absolute Gasteiger partial charge is 0.430 e. The molecule has 1 N–H and O–H groups in total. The Labute approximate surface area is 235 Å². The molecule has 1 saturated heterocycles. The number of piperidine rings is 1. The molecular formula is C28H33ClF4N2O5. The third-order valence-electron chi connectivity index (χ3n) is 7.02. The first-order valence-corrected chi connectivity index (χ1v) is 13.2. The summed E-state index contributed by atoms with van der Waals surface area (Å²) >= 11 is 6.17. The molecule has 40 heavy (non-hydrogen) atoms. The van der Waals surface area contributed by atoms with Crippen LogP contribution in [0.3, 0.4) is 0 Å². The summed E-state index contributed by atoms with van der Waals surface area (Å²) in [6, 6.07) is 9.34. The van der Waals surface area contributed by atoms with Crippen molar-refractivity contribution in [2.75, 3.05) is 40.9 Å². The van der Waals surface area contributed by atoms with Crippen LogP contribution in [0.4, 0.5) is 17.6 Å². The van der Waals surface area contributed by atoms with Gasteiger partial charge in [-0.3, -0.25) is 9.59 Å². The second-order valence-corrected chi connectivity index (χ2v) is 10.3. The number of rotatable bonds is 10. The van der Waals surface area contributed by atoms with Crippen molar-refractivity contribution in [1.29, 1.82) is 0 Å². The van der Waals surface area contributed by atoms with E-state index in [0.717, 1.165) is 17.0 Å². The van der Waals surface area contributed by atoms with E-state index < -0.39 is 35.3 Å². The van der Waals surface area contributed by atoms with Gasteiger partial charge >= 0.3 is 6.18 Å². The zero-order chi connectivity index (χ0) is 29.7. The molecule has 1 unspecified atom stereocenters. The molecule has 1 heterocycles. The van der Waals surface area contributed by atoms with Gasteiger partial charge in [0.05, 0.1) is 24.3 Å². The highest BCUT2D eigenvalue weighted by atomic mass is 35.5. The van der Waals surface area contributed by atoms with Gasteiger partial charge in [-0.05, 0) is 61.9 Å². The molecule has 0 spiro atoms. The van der Waals surface area contributed by atoms with Crippen molar-refractivity contribution in [1.82, 2.24) is 9.80 Å². The highest BCUT2D eigenvalue weighted by Gasteiger charge is 2.62. The predicted octanol–water partition coefficient (Wildman–Crippen LogP) is 5.24. The first-order chi connectivity index (χ1) is 18.8. The molecule has 220 valence electrons. The van der Waals surface area contributed by atoms with Gasteiger partial charge in [0.1, 0.15) is 17.7 Å². The van der Waals surface area contributed by atoms with E-state index in [1.807, 2.05) is 0 Å². The topological polar surface area (TPSA) is 79.3 Å². The average Bonchev–Trinajstić information content (AvgIpc) is 2.93. The molecule has 7 nitrogen and oxygen atoms in total. The minimum Gasteiger partial charge on any atom is -0.497 e. The lowest BCUT2D eigenvalue weighted by molar-refractivity contribution is -0.262. The number of halogens is 5. The highest BCUT2D eigenvalue weighted by molar-refractivity contribution is 6.34. The number of benzene rings is 2. The van der Waals surface area contributed by atoms with Gasteiger partial charge in [0, 0.05) is 32.7 Å². The first-order valence-electron chi connectivity index (χ1n) is 12.8. The fourth-order valence-electron chi connectivity index (χ4n) is 4.65. The van der Waals surface area contributed by atoms with Gasteiger partial charge in [0.25, 0.3) is 17.4 Å². The van der Waals surface area contributed by atoms with E-state index in [2.05, 4.69) is 0 Å². The SMILES string of the molecule is COc1cccc([C@](O)(C(=O)N2CCC(C(F)CCCOc3ccc(C(=O)N(C)C)c(Cl)c3)CC2)C(F)(F)F)c1. The number of ether oxygens (including phenoxy) is 2. The second kappa shape index (κ2) is 13.1. The maximum absolute atomic E-state index is 14.9. The van der Waals surface area contributed by atoms with E-state index in [-0.39, 0.29) is 55.6 Å². The molecule has 2 aromatic carbocycles.